The van der Waals surface area contributed by atoms with Crippen LogP contribution in [0.25, 0.3) is 0 Å². The number of aliphatic carboxylic acids is 1. The lowest BCUT2D eigenvalue weighted by molar-refractivity contribution is -0.137. The van der Waals surface area contributed by atoms with Gasteiger partial charge in [0.2, 0.25) is 0 Å². The summed E-state index contributed by atoms with van der Waals surface area (Å²) in [5.41, 5.74) is 2.05. The maximum Gasteiger partial charge on any atom is 0.305 e. The number of carbonyl (C=O) groups is 2. The molecule has 1 amide bonds. The average molecular weight is 313 g/mol. The molecule has 120 valence electrons. The van der Waals surface area contributed by atoms with E-state index in [2.05, 4.69) is 5.32 Å². The van der Waals surface area contributed by atoms with Gasteiger partial charge in [-0.2, -0.15) is 0 Å². The van der Waals surface area contributed by atoms with Crippen LogP contribution in [-0.2, 0) is 4.79 Å². The summed E-state index contributed by atoms with van der Waals surface area (Å²) in [7, 11) is 1.49. The molecule has 2 aromatic rings. The van der Waals surface area contributed by atoms with E-state index in [0.29, 0.717) is 11.3 Å². The summed E-state index contributed by atoms with van der Waals surface area (Å²) in [6.45, 7) is 1.88. The van der Waals surface area contributed by atoms with E-state index in [-0.39, 0.29) is 12.3 Å². The first-order valence-electron chi connectivity index (χ1n) is 7.23. The number of rotatable bonds is 6. The Kier molecular flexibility index (Phi) is 5.36. The molecule has 0 aliphatic rings. The molecule has 0 bridgehead atoms. The van der Waals surface area contributed by atoms with Gasteiger partial charge in [-0.25, -0.2) is 0 Å². The fourth-order valence-electron chi connectivity index (χ4n) is 2.35. The molecule has 0 saturated heterocycles. The highest BCUT2D eigenvalue weighted by Gasteiger charge is 2.20. The van der Waals surface area contributed by atoms with E-state index in [4.69, 9.17) is 9.84 Å². The lowest BCUT2D eigenvalue weighted by atomic mass is 10.0. The first kappa shape index (κ1) is 16.5. The molecule has 0 fully saturated rings. The quantitative estimate of drug-likeness (QED) is 0.859. The molecule has 0 heterocycles. The van der Waals surface area contributed by atoms with E-state index in [9.17, 15) is 9.59 Å². The zero-order valence-electron chi connectivity index (χ0n) is 13.1. The smallest absolute Gasteiger partial charge is 0.305 e. The maximum atomic E-state index is 12.6. The molecule has 0 aromatic heterocycles. The van der Waals surface area contributed by atoms with E-state index in [1.54, 1.807) is 24.3 Å². The van der Waals surface area contributed by atoms with Gasteiger partial charge in [-0.3, -0.25) is 9.59 Å². The van der Waals surface area contributed by atoms with Crippen LogP contribution in [0.1, 0.15) is 33.9 Å². The Hall–Kier alpha value is -2.82. The summed E-state index contributed by atoms with van der Waals surface area (Å²) in [5, 5.41) is 11.9. The Morgan fingerprint density at radius 3 is 2.48 bits per heavy atom. The third kappa shape index (κ3) is 4.32. The fourth-order valence-corrected chi connectivity index (χ4v) is 2.35. The van der Waals surface area contributed by atoms with Crippen LogP contribution in [0.15, 0.2) is 48.5 Å². The standard InChI is InChI=1S/C18H19NO4/c1-12-8-9-16(23-2)14(10-12)18(22)19-15(11-17(20)21)13-6-4-3-5-7-13/h3-10,15H,11H2,1-2H3,(H,19,22)(H,20,21)/t15-/m0/s1. The summed E-state index contributed by atoms with van der Waals surface area (Å²) < 4.78 is 5.21. The predicted octanol–water partition coefficient (Wildman–Crippen LogP) is 2.95. The summed E-state index contributed by atoms with van der Waals surface area (Å²) in [5.74, 6) is -0.883. The Bertz CT molecular complexity index is 697. The van der Waals surface area contributed by atoms with Gasteiger partial charge in [0.05, 0.1) is 25.1 Å². The third-order valence-corrected chi connectivity index (χ3v) is 3.49. The lowest BCUT2D eigenvalue weighted by Gasteiger charge is -2.18. The van der Waals surface area contributed by atoms with Gasteiger partial charge in [-0.15, -0.1) is 0 Å². The summed E-state index contributed by atoms with van der Waals surface area (Å²) in [4.78, 5) is 23.7. The number of carbonyl (C=O) groups excluding carboxylic acids is 1. The minimum Gasteiger partial charge on any atom is -0.496 e. The first-order valence-corrected chi connectivity index (χ1v) is 7.23. The zero-order valence-corrected chi connectivity index (χ0v) is 13.1. The fraction of sp³-hybridized carbons (Fsp3) is 0.222. The molecule has 0 radical (unpaired) electrons. The molecule has 1 atom stereocenters. The Labute approximate surface area is 134 Å². The van der Waals surface area contributed by atoms with E-state index in [1.165, 1.54) is 7.11 Å². The van der Waals surface area contributed by atoms with Crippen LogP contribution >= 0.6 is 0 Å². The van der Waals surface area contributed by atoms with Gasteiger partial charge in [0.1, 0.15) is 5.75 Å². The molecular formula is C18H19NO4. The van der Waals surface area contributed by atoms with Crippen LogP contribution < -0.4 is 10.1 Å². The SMILES string of the molecule is COc1ccc(C)cc1C(=O)N[C@@H](CC(=O)O)c1ccccc1. The number of ether oxygens (including phenoxy) is 1. The normalized spacial score (nSPS) is 11.6. The second-order valence-electron chi connectivity index (χ2n) is 5.24. The van der Waals surface area contributed by atoms with Gasteiger partial charge in [-0.05, 0) is 24.6 Å². The van der Waals surface area contributed by atoms with Gasteiger partial charge >= 0.3 is 5.97 Å². The second-order valence-corrected chi connectivity index (χ2v) is 5.24. The number of carboxylic acids is 1. The number of nitrogens with one attached hydrogen (secondary N) is 1. The van der Waals surface area contributed by atoms with Crippen molar-refractivity contribution in [1.29, 1.82) is 0 Å². The minimum absolute atomic E-state index is 0.191. The summed E-state index contributed by atoms with van der Waals surface area (Å²) >= 11 is 0. The zero-order chi connectivity index (χ0) is 16.8. The predicted molar refractivity (Wildman–Crippen MR) is 86.6 cm³/mol. The highest BCUT2D eigenvalue weighted by molar-refractivity contribution is 5.97. The highest BCUT2D eigenvalue weighted by atomic mass is 16.5. The van der Waals surface area contributed by atoms with Crippen LogP contribution in [-0.4, -0.2) is 24.1 Å². The number of aryl methyl sites for hydroxylation is 1. The summed E-state index contributed by atoms with van der Waals surface area (Å²) in [6.07, 6.45) is -0.191. The Morgan fingerprint density at radius 2 is 1.87 bits per heavy atom. The summed E-state index contributed by atoms with van der Waals surface area (Å²) in [6, 6.07) is 13.7. The number of benzene rings is 2. The molecule has 2 aromatic carbocycles. The monoisotopic (exact) mass is 313 g/mol. The molecule has 23 heavy (non-hydrogen) atoms. The molecule has 5 nitrogen and oxygen atoms in total. The second kappa shape index (κ2) is 7.45. The van der Waals surface area contributed by atoms with E-state index in [0.717, 1.165) is 11.1 Å². The Morgan fingerprint density at radius 1 is 1.17 bits per heavy atom. The number of amides is 1. The van der Waals surface area contributed by atoms with Crippen molar-refractivity contribution in [2.24, 2.45) is 0 Å². The van der Waals surface area contributed by atoms with Gasteiger partial charge in [-0.1, -0.05) is 42.0 Å². The van der Waals surface area contributed by atoms with Crippen LogP contribution in [0.5, 0.6) is 5.75 Å². The first-order chi connectivity index (χ1) is 11.0. The van der Waals surface area contributed by atoms with Crippen molar-refractivity contribution in [3.63, 3.8) is 0 Å². The number of hydrogen-bond donors (Lipinski definition) is 2. The third-order valence-electron chi connectivity index (χ3n) is 3.49. The van der Waals surface area contributed by atoms with Crippen molar-refractivity contribution >= 4 is 11.9 Å². The molecule has 0 spiro atoms. The largest absolute Gasteiger partial charge is 0.496 e. The minimum atomic E-state index is -0.977. The maximum absolute atomic E-state index is 12.6. The van der Waals surface area contributed by atoms with Gasteiger partial charge < -0.3 is 15.2 Å². The number of carboxylic acid groups (broad SMARTS) is 1. The van der Waals surface area contributed by atoms with Crippen molar-refractivity contribution in [3.8, 4) is 5.75 Å². The highest BCUT2D eigenvalue weighted by Crippen LogP contribution is 2.22. The van der Waals surface area contributed by atoms with E-state index in [1.807, 2.05) is 31.2 Å². The lowest BCUT2D eigenvalue weighted by Crippen LogP contribution is -2.30. The van der Waals surface area contributed by atoms with Gasteiger partial charge in [0, 0.05) is 0 Å². The molecule has 2 rings (SSSR count). The number of hydrogen-bond acceptors (Lipinski definition) is 3. The van der Waals surface area contributed by atoms with Crippen molar-refractivity contribution in [2.75, 3.05) is 7.11 Å². The van der Waals surface area contributed by atoms with Crippen LogP contribution in [0.4, 0.5) is 0 Å². The molecule has 0 aliphatic carbocycles. The van der Waals surface area contributed by atoms with Gasteiger partial charge in [0.25, 0.3) is 5.91 Å². The molecule has 2 N–H and O–H groups in total. The van der Waals surface area contributed by atoms with Crippen LogP contribution in [0.2, 0.25) is 0 Å². The molecular weight excluding hydrogens is 294 g/mol. The molecule has 0 unspecified atom stereocenters. The van der Waals surface area contributed by atoms with E-state index >= 15 is 0 Å². The van der Waals surface area contributed by atoms with Crippen LogP contribution in [0.3, 0.4) is 0 Å². The topological polar surface area (TPSA) is 75.6 Å². The van der Waals surface area contributed by atoms with E-state index < -0.39 is 12.0 Å². The van der Waals surface area contributed by atoms with Crippen molar-refractivity contribution in [1.82, 2.24) is 5.32 Å². The van der Waals surface area contributed by atoms with Crippen molar-refractivity contribution in [3.05, 3.63) is 65.2 Å². The average Bonchev–Trinajstić information content (AvgIpc) is 2.54. The van der Waals surface area contributed by atoms with Crippen molar-refractivity contribution in [2.45, 2.75) is 19.4 Å². The Balaban J connectivity index is 2.27. The number of methoxy groups -OCH3 is 1. The molecule has 0 saturated carbocycles. The molecule has 0 aliphatic heterocycles. The van der Waals surface area contributed by atoms with Gasteiger partial charge in [0.15, 0.2) is 0 Å². The van der Waals surface area contributed by atoms with Crippen LogP contribution in [0, 0.1) is 6.92 Å². The molecule has 5 heteroatoms. The van der Waals surface area contributed by atoms with Crippen molar-refractivity contribution < 1.29 is 19.4 Å².